The van der Waals surface area contributed by atoms with E-state index in [0.29, 0.717) is 6.61 Å². The Morgan fingerprint density at radius 2 is 2.17 bits per heavy atom. The highest BCUT2D eigenvalue weighted by molar-refractivity contribution is 8.31. The van der Waals surface area contributed by atoms with Gasteiger partial charge in [0.1, 0.15) is 5.25 Å². The molecule has 0 aromatic rings. The molecule has 6 heteroatoms. The summed E-state index contributed by atoms with van der Waals surface area (Å²) in [4.78, 5) is 0. The third-order valence-corrected chi connectivity index (χ3v) is 4.72. The van der Waals surface area contributed by atoms with Gasteiger partial charge in [-0.1, -0.05) is 0 Å². The molecule has 72 valence electrons. The molecule has 0 radical (unpaired) electrons. The zero-order valence-corrected chi connectivity index (χ0v) is 9.68. The van der Waals surface area contributed by atoms with E-state index in [1.807, 2.05) is 0 Å². The normalized spacial score (nSPS) is 17.9. The van der Waals surface area contributed by atoms with Crippen molar-refractivity contribution < 1.29 is 13.1 Å². The van der Waals surface area contributed by atoms with Crippen LogP contribution in [-0.4, -0.2) is 28.2 Å². The Bertz CT molecular complexity index is 245. The van der Waals surface area contributed by atoms with E-state index in [1.165, 1.54) is 7.11 Å². The van der Waals surface area contributed by atoms with Crippen LogP contribution in [0.3, 0.4) is 0 Å². The van der Waals surface area contributed by atoms with Crippen LogP contribution in [0.25, 0.3) is 0 Å². The molecule has 0 aromatic carbocycles. The van der Waals surface area contributed by atoms with Gasteiger partial charge in [-0.3, -0.25) is 4.18 Å². The highest BCUT2D eigenvalue weighted by Crippen LogP contribution is 2.07. The van der Waals surface area contributed by atoms with E-state index in [4.69, 9.17) is 32.3 Å². The van der Waals surface area contributed by atoms with Gasteiger partial charge in [0.05, 0.1) is 13.7 Å². The second kappa shape index (κ2) is 5.06. The van der Waals surface area contributed by atoms with Crippen molar-refractivity contribution in [3.05, 3.63) is 0 Å². The Hall–Kier alpha value is 0.220. The summed E-state index contributed by atoms with van der Waals surface area (Å²) in [6.45, 7) is 3.68. The maximum atomic E-state index is 11.5. The first-order valence-corrected chi connectivity index (χ1v) is 6.29. The molecular weight excluding hydrogens is 216 g/mol. The Balaban J connectivity index is 4.46. The van der Waals surface area contributed by atoms with Crippen LogP contribution in [0.2, 0.25) is 0 Å². The van der Waals surface area contributed by atoms with Crippen LogP contribution in [0, 0.1) is 0 Å². The number of methoxy groups -OCH3 is 1. The first-order valence-electron chi connectivity index (χ1n) is 3.41. The third-order valence-electron chi connectivity index (χ3n) is 1.25. The molecule has 2 unspecified atom stereocenters. The van der Waals surface area contributed by atoms with Crippen molar-refractivity contribution in [3.63, 3.8) is 0 Å². The number of hydrogen-bond acceptors (Lipinski definition) is 5. The summed E-state index contributed by atoms with van der Waals surface area (Å²) < 4.78 is 21.2. The van der Waals surface area contributed by atoms with Gasteiger partial charge < -0.3 is 4.74 Å². The van der Waals surface area contributed by atoms with E-state index in [2.05, 4.69) is 0 Å². The lowest BCUT2D eigenvalue weighted by Crippen LogP contribution is -2.27. The molecule has 0 spiro atoms. The van der Waals surface area contributed by atoms with Gasteiger partial charge in [-0.25, -0.2) is 4.21 Å². The van der Waals surface area contributed by atoms with Gasteiger partial charge in [-0.2, -0.15) is 0 Å². The van der Waals surface area contributed by atoms with Crippen molar-refractivity contribution in [1.29, 1.82) is 0 Å². The number of thiocarbonyl (C=S) groups is 1. The highest BCUT2D eigenvalue weighted by Gasteiger charge is 2.22. The van der Waals surface area contributed by atoms with E-state index in [1.54, 1.807) is 13.8 Å². The lowest BCUT2D eigenvalue weighted by molar-refractivity contribution is 0.361. The monoisotopic (exact) mass is 228 g/mol. The van der Waals surface area contributed by atoms with Gasteiger partial charge in [0.25, 0.3) is 0 Å². The minimum absolute atomic E-state index is 0.225. The first-order chi connectivity index (χ1) is 5.45. The van der Waals surface area contributed by atoms with E-state index in [0.717, 1.165) is 0 Å². The van der Waals surface area contributed by atoms with Gasteiger partial charge in [0.2, 0.25) is 0 Å². The fourth-order valence-corrected chi connectivity index (χ4v) is 2.53. The van der Waals surface area contributed by atoms with E-state index >= 15 is 0 Å². The minimum Gasteiger partial charge on any atom is -0.489 e. The fourth-order valence-electron chi connectivity index (χ4n) is 0.550. The second-order valence-corrected chi connectivity index (χ2v) is 5.79. The van der Waals surface area contributed by atoms with Gasteiger partial charge in [0, 0.05) is 11.2 Å². The summed E-state index contributed by atoms with van der Waals surface area (Å²) in [5, 5.41) is -0.295. The molecule has 0 saturated heterocycles. The summed E-state index contributed by atoms with van der Waals surface area (Å²) in [5.41, 5.74) is 0. The highest BCUT2D eigenvalue weighted by atomic mass is 32.8. The van der Waals surface area contributed by atoms with E-state index < -0.39 is 14.0 Å². The van der Waals surface area contributed by atoms with Gasteiger partial charge in [0.15, 0.2) is 13.8 Å². The summed E-state index contributed by atoms with van der Waals surface area (Å²) in [7, 11) is -1.33. The third kappa shape index (κ3) is 3.30. The van der Waals surface area contributed by atoms with Crippen LogP contribution in [0.4, 0.5) is 0 Å². The molecule has 2 atom stereocenters. The van der Waals surface area contributed by atoms with E-state index in [-0.39, 0.29) is 5.05 Å². The molecular formula is C6H12O3S3. The zero-order valence-electron chi connectivity index (χ0n) is 7.23. The van der Waals surface area contributed by atoms with Crippen molar-refractivity contribution in [2.45, 2.75) is 19.1 Å². The first kappa shape index (κ1) is 12.2. The molecule has 0 aliphatic carbocycles. The standard InChI is InChI=1S/C6H12O3S3/c1-4-9-12(7,11)5(2)6(10)8-3/h5H,4H2,1-3H3. The van der Waals surface area contributed by atoms with Crippen LogP contribution >= 0.6 is 12.2 Å². The van der Waals surface area contributed by atoms with Gasteiger partial charge in [-0.05, 0) is 26.1 Å². The molecule has 0 bridgehead atoms. The zero-order chi connectivity index (χ0) is 9.78. The van der Waals surface area contributed by atoms with Crippen LogP contribution in [0.1, 0.15) is 13.8 Å². The minimum atomic E-state index is -2.75. The Morgan fingerprint density at radius 3 is 2.50 bits per heavy atom. The molecule has 3 nitrogen and oxygen atoms in total. The molecule has 0 saturated carbocycles. The molecule has 0 aliphatic heterocycles. The molecule has 12 heavy (non-hydrogen) atoms. The van der Waals surface area contributed by atoms with Crippen LogP contribution < -0.4 is 0 Å². The molecule has 0 aliphatic rings. The number of rotatable bonds is 4. The quantitative estimate of drug-likeness (QED) is 0.672. The Morgan fingerprint density at radius 1 is 1.67 bits per heavy atom. The molecule has 0 N–H and O–H groups in total. The molecule has 0 heterocycles. The Kier molecular flexibility index (Phi) is 5.15. The Labute approximate surface area is 83.3 Å². The predicted molar refractivity (Wildman–Crippen MR) is 56.2 cm³/mol. The molecule has 0 fully saturated rings. The molecule has 0 rings (SSSR count). The van der Waals surface area contributed by atoms with Crippen molar-refractivity contribution >= 4 is 37.2 Å². The average molecular weight is 228 g/mol. The topological polar surface area (TPSA) is 35.5 Å². The van der Waals surface area contributed by atoms with Crippen LogP contribution in [0.15, 0.2) is 0 Å². The van der Waals surface area contributed by atoms with Crippen molar-refractivity contribution in [3.8, 4) is 0 Å². The molecule has 0 amide bonds. The van der Waals surface area contributed by atoms with E-state index in [9.17, 15) is 4.21 Å². The van der Waals surface area contributed by atoms with Gasteiger partial charge in [-0.15, -0.1) is 0 Å². The maximum Gasteiger partial charge on any atom is 0.177 e. The summed E-state index contributed by atoms with van der Waals surface area (Å²) in [5.74, 6) is 0. The lowest BCUT2D eigenvalue weighted by atomic mass is 10.5. The summed E-state index contributed by atoms with van der Waals surface area (Å²) in [6, 6.07) is 0. The summed E-state index contributed by atoms with van der Waals surface area (Å²) in [6.07, 6.45) is 0. The number of hydrogen-bond donors (Lipinski definition) is 0. The number of ether oxygens (including phenoxy) is 1. The van der Waals surface area contributed by atoms with Crippen molar-refractivity contribution in [2.75, 3.05) is 13.7 Å². The molecule has 0 aromatic heterocycles. The average Bonchev–Trinajstić information content (AvgIpc) is 2.01. The SMILES string of the molecule is CCOS(=O)(=S)C(C)C(=S)OC. The smallest absolute Gasteiger partial charge is 0.177 e. The summed E-state index contributed by atoms with van der Waals surface area (Å²) >= 11 is 9.54. The van der Waals surface area contributed by atoms with Crippen LogP contribution in [-0.2, 0) is 28.9 Å². The predicted octanol–water partition coefficient (Wildman–Crippen LogP) is 1.05. The fraction of sp³-hybridized carbons (Fsp3) is 0.833. The lowest BCUT2D eigenvalue weighted by Gasteiger charge is -2.14. The van der Waals surface area contributed by atoms with Crippen molar-refractivity contribution in [1.82, 2.24) is 0 Å². The maximum absolute atomic E-state index is 11.5. The van der Waals surface area contributed by atoms with Crippen LogP contribution in [0.5, 0.6) is 0 Å². The second-order valence-electron chi connectivity index (χ2n) is 2.06. The van der Waals surface area contributed by atoms with Crippen molar-refractivity contribution in [2.24, 2.45) is 0 Å². The largest absolute Gasteiger partial charge is 0.489 e. The van der Waals surface area contributed by atoms with Gasteiger partial charge >= 0.3 is 0 Å².